The van der Waals surface area contributed by atoms with Crippen molar-refractivity contribution in [3.63, 3.8) is 0 Å². The number of hydrogen-bond donors (Lipinski definition) is 5. The number of unbranched alkanes of at least 4 members (excludes halogenated alkanes) is 1. The van der Waals surface area contributed by atoms with Gasteiger partial charge in [-0.1, -0.05) is 6.58 Å². The van der Waals surface area contributed by atoms with E-state index >= 15 is 0 Å². The number of nitrogens with two attached hydrogens (primary N) is 2. The summed E-state index contributed by atoms with van der Waals surface area (Å²) in [5.41, 5.74) is 11.0. The number of aliphatic carboxylic acids is 1. The highest BCUT2D eigenvalue weighted by atomic mass is 16.4. The van der Waals surface area contributed by atoms with E-state index in [1.807, 2.05) is 19.0 Å². The quantitative estimate of drug-likeness (QED) is 0.213. The molecule has 7 N–H and O–H groups in total. The van der Waals surface area contributed by atoms with E-state index in [0.717, 1.165) is 58.7 Å². The van der Waals surface area contributed by atoms with Gasteiger partial charge in [-0.2, -0.15) is 0 Å². The number of nitrogens with one attached hydrogen (secondary N) is 2. The summed E-state index contributed by atoms with van der Waals surface area (Å²) < 4.78 is 0. The molecule has 0 unspecified atom stereocenters. The van der Waals surface area contributed by atoms with Gasteiger partial charge in [0, 0.05) is 12.1 Å². The van der Waals surface area contributed by atoms with Crippen LogP contribution in [0.3, 0.4) is 0 Å². The van der Waals surface area contributed by atoms with Crippen molar-refractivity contribution in [3.8, 4) is 0 Å². The largest absolute Gasteiger partial charge is 0.478 e. The van der Waals surface area contributed by atoms with Crippen molar-refractivity contribution in [3.05, 3.63) is 12.2 Å². The third kappa shape index (κ3) is 23.3. The number of carbonyl (C=O) groups is 1. The van der Waals surface area contributed by atoms with Crippen LogP contribution in [0.1, 0.15) is 32.1 Å². The van der Waals surface area contributed by atoms with Crippen LogP contribution >= 0.6 is 0 Å². The van der Waals surface area contributed by atoms with E-state index in [1.54, 1.807) is 0 Å². The molecule has 0 aromatic carbocycles. The first-order valence-electron chi connectivity index (χ1n) is 8.83. The summed E-state index contributed by atoms with van der Waals surface area (Å²) >= 11 is 0. The number of carboxylic acids is 1. The Morgan fingerprint density at radius 3 is 1.71 bits per heavy atom. The Labute approximate surface area is 147 Å². The molecule has 0 aliphatic rings. The fourth-order valence-corrected chi connectivity index (χ4v) is 1.67. The van der Waals surface area contributed by atoms with Crippen LogP contribution in [0.25, 0.3) is 0 Å². The van der Waals surface area contributed by atoms with Crippen LogP contribution in [-0.2, 0) is 4.79 Å². The summed E-state index contributed by atoms with van der Waals surface area (Å²) in [5.74, 6) is -0.901. The van der Waals surface area contributed by atoms with Crippen LogP contribution in [0.15, 0.2) is 12.2 Å². The lowest BCUT2D eigenvalue weighted by Crippen LogP contribution is -2.22. The van der Waals surface area contributed by atoms with E-state index in [0.29, 0.717) is 6.42 Å². The second kappa shape index (κ2) is 20.1. The second-order valence-corrected chi connectivity index (χ2v) is 5.95. The molecule has 0 spiro atoms. The Bertz CT molecular complexity index is 287. The van der Waals surface area contributed by atoms with Crippen LogP contribution < -0.4 is 22.1 Å². The van der Waals surface area contributed by atoms with E-state index in [9.17, 15) is 4.79 Å². The monoisotopic (exact) mass is 345 g/mol. The molecule has 0 rings (SSSR count). The molecule has 0 aromatic rings. The minimum Gasteiger partial charge on any atom is -0.478 e. The highest BCUT2D eigenvalue weighted by molar-refractivity contribution is 5.85. The summed E-state index contributed by atoms with van der Waals surface area (Å²) in [6.07, 6.45) is 5.16. The first kappa shape index (κ1) is 25.3. The molecule has 0 bridgehead atoms. The van der Waals surface area contributed by atoms with E-state index in [2.05, 4.69) is 17.2 Å². The molecule has 0 heterocycles. The maximum atomic E-state index is 10.2. The fraction of sp³-hybridized carbons (Fsp3) is 0.824. The van der Waals surface area contributed by atoms with Gasteiger partial charge in [-0.3, -0.25) is 0 Å². The lowest BCUT2D eigenvalue weighted by Gasteiger charge is -2.07. The SMILES string of the molecule is C=C(CCN(C)C)C(=O)O.NCCCNCCCCNCCCN. The van der Waals surface area contributed by atoms with Crippen molar-refractivity contribution < 1.29 is 9.90 Å². The molecular formula is C17H39N5O2. The van der Waals surface area contributed by atoms with Crippen molar-refractivity contribution >= 4 is 5.97 Å². The van der Waals surface area contributed by atoms with E-state index < -0.39 is 5.97 Å². The van der Waals surface area contributed by atoms with Gasteiger partial charge in [-0.25, -0.2) is 4.79 Å². The van der Waals surface area contributed by atoms with Gasteiger partial charge in [-0.15, -0.1) is 0 Å². The molecule has 0 saturated carbocycles. The Morgan fingerprint density at radius 1 is 0.958 bits per heavy atom. The number of nitrogens with zero attached hydrogens (tertiary/aromatic N) is 1. The molecule has 0 aliphatic carbocycles. The van der Waals surface area contributed by atoms with Crippen molar-refractivity contribution in [1.29, 1.82) is 0 Å². The molecule has 0 aliphatic heterocycles. The standard InChI is InChI=1S/C10H26N4.C7H13NO2/c11-5-3-9-13-7-1-2-8-14-10-4-6-12;1-6(7(9)10)4-5-8(2)3/h13-14H,1-12H2;1,4-5H2,2-3H3,(H,9,10). The summed E-state index contributed by atoms with van der Waals surface area (Å²) in [6, 6.07) is 0. The van der Waals surface area contributed by atoms with Crippen molar-refractivity contribution in [1.82, 2.24) is 15.5 Å². The lowest BCUT2D eigenvalue weighted by atomic mass is 10.2. The van der Waals surface area contributed by atoms with Crippen molar-refractivity contribution in [2.45, 2.75) is 32.1 Å². The highest BCUT2D eigenvalue weighted by Gasteiger charge is 2.02. The van der Waals surface area contributed by atoms with Gasteiger partial charge in [0.25, 0.3) is 0 Å². The molecule has 0 amide bonds. The molecule has 0 aromatic heterocycles. The summed E-state index contributed by atoms with van der Waals surface area (Å²) in [4.78, 5) is 12.1. The van der Waals surface area contributed by atoms with Crippen LogP contribution in [-0.4, -0.2) is 75.9 Å². The van der Waals surface area contributed by atoms with Crippen LogP contribution in [0.4, 0.5) is 0 Å². The van der Waals surface area contributed by atoms with E-state index in [4.69, 9.17) is 16.6 Å². The smallest absolute Gasteiger partial charge is 0.331 e. The molecule has 0 saturated heterocycles. The fourth-order valence-electron chi connectivity index (χ4n) is 1.67. The normalized spacial score (nSPS) is 10.4. The first-order valence-corrected chi connectivity index (χ1v) is 8.83. The van der Waals surface area contributed by atoms with Crippen molar-refractivity contribution in [2.75, 3.05) is 59.9 Å². The maximum absolute atomic E-state index is 10.2. The average molecular weight is 346 g/mol. The Morgan fingerprint density at radius 2 is 1.38 bits per heavy atom. The van der Waals surface area contributed by atoms with E-state index in [1.165, 1.54) is 12.8 Å². The second-order valence-electron chi connectivity index (χ2n) is 5.95. The minimum atomic E-state index is -0.901. The Hall–Kier alpha value is -0.990. The molecular weight excluding hydrogens is 306 g/mol. The third-order valence-electron chi connectivity index (χ3n) is 3.24. The summed E-state index contributed by atoms with van der Waals surface area (Å²) in [7, 11) is 3.80. The van der Waals surface area contributed by atoms with Gasteiger partial charge in [-0.05, 0) is 85.5 Å². The van der Waals surface area contributed by atoms with Gasteiger partial charge in [0.15, 0.2) is 0 Å². The number of hydrogen-bond acceptors (Lipinski definition) is 6. The van der Waals surface area contributed by atoms with Crippen LogP contribution in [0, 0.1) is 0 Å². The zero-order valence-corrected chi connectivity index (χ0v) is 15.6. The molecule has 7 nitrogen and oxygen atoms in total. The topological polar surface area (TPSA) is 117 Å². The zero-order valence-electron chi connectivity index (χ0n) is 15.6. The van der Waals surface area contributed by atoms with Crippen molar-refractivity contribution in [2.24, 2.45) is 11.5 Å². The highest BCUT2D eigenvalue weighted by Crippen LogP contribution is 1.97. The van der Waals surface area contributed by atoms with Gasteiger partial charge in [0.1, 0.15) is 0 Å². The Balaban J connectivity index is 0. The summed E-state index contributed by atoms with van der Waals surface area (Å²) in [6.45, 7) is 10.0. The van der Waals surface area contributed by atoms with Crippen LogP contribution in [0.5, 0.6) is 0 Å². The van der Waals surface area contributed by atoms with Crippen LogP contribution in [0.2, 0.25) is 0 Å². The molecule has 0 fully saturated rings. The molecule has 0 radical (unpaired) electrons. The van der Waals surface area contributed by atoms with Gasteiger partial charge >= 0.3 is 5.97 Å². The predicted molar refractivity (Wildman–Crippen MR) is 102 cm³/mol. The maximum Gasteiger partial charge on any atom is 0.331 e. The van der Waals surface area contributed by atoms with Gasteiger partial charge < -0.3 is 32.1 Å². The first-order chi connectivity index (χ1) is 11.5. The summed E-state index contributed by atoms with van der Waals surface area (Å²) in [5, 5.41) is 15.1. The molecule has 0 atom stereocenters. The van der Waals surface area contributed by atoms with Gasteiger partial charge in [0.2, 0.25) is 0 Å². The minimum absolute atomic E-state index is 0.272. The zero-order chi connectivity index (χ0) is 18.6. The third-order valence-corrected chi connectivity index (χ3v) is 3.24. The number of rotatable bonds is 15. The van der Waals surface area contributed by atoms with Gasteiger partial charge in [0.05, 0.1) is 0 Å². The van der Waals surface area contributed by atoms with E-state index in [-0.39, 0.29) is 5.57 Å². The predicted octanol–water partition coefficient (Wildman–Crippen LogP) is 0.222. The average Bonchev–Trinajstić information content (AvgIpc) is 2.55. The molecule has 7 heteroatoms. The molecule has 24 heavy (non-hydrogen) atoms. The number of carboxylic acid groups (broad SMARTS) is 1. The Kier molecular flexibility index (Phi) is 21.1. The lowest BCUT2D eigenvalue weighted by molar-refractivity contribution is -0.132. The molecule has 144 valence electrons.